The summed E-state index contributed by atoms with van der Waals surface area (Å²) in [5, 5.41) is 8.43. The molecule has 0 spiro atoms. The fourth-order valence-electron chi connectivity index (χ4n) is 1.73. The van der Waals surface area contributed by atoms with E-state index in [-0.39, 0.29) is 0 Å². The number of anilines is 1. The highest BCUT2D eigenvalue weighted by atomic mass is 16.5. The standard InChI is InChI=1S/C12H23N5O/c1-4-10-11(5-2)15-16-12(14-10)17(7-6-13)8-9-18-3/h4-9,13H2,1-3H3. The first-order valence-electron chi connectivity index (χ1n) is 6.43. The van der Waals surface area contributed by atoms with Crippen molar-refractivity contribution >= 4 is 5.95 Å². The third-order valence-corrected chi connectivity index (χ3v) is 2.75. The number of aryl methyl sites for hydroxylation is 2. The van der Waals surface area contributed by atoms with Crippen molar-refractivity contribution in [3.8, 4) is 0 Å². The molecule has 0 fully saturated rings. The van der Waals surface area contributed by atoms with E-state index in [0.29, 0.717) is 25.6 Å². The van der Waals surface area contributed by atoms with Crippen molar-refractivity contribution in [2.45, 2.75) is 26.7 Å². The first-order chi connectivity index (χ1) is 8.76. The molecule has 1 aromatic heterocycles. The van der Waals surface area contributed by atoms with Crippen LogP contribution in [0.5, 0.6) is 0 Å². The number of aromatic nitrogens is 3. The summed E-state index contributed by atoms with van der Waals surface area (Å²) in [5.74, 6) is 0.645. The molecule has 0 saturated heterocycles. The van der Waals surface area contributed by atoms with Gasteiger partial charge in [-0.25, -0.2) is 4.98 Å². The van der Waals surface area contributed by atoms with Gasteiger partial charge < -0.3 is 15.4 Å². The van der Waals surface area contributed by atoms with E-state index in [2.05, 4.69) is 29.0 Å². The minimum Gasteiger partial charge on any atom is -0.383 e. The van der Waals surface area contributed by atoms with Crippen molar-refractivity contribution in [2.24, 2.45) is 5.73 Å². The zero-order valence-corrected chi connectivity index (χ0v) is 11.5. The van der Waals surface area contributed by atoms with Gasteiger partial charge in [0.2, 0.25) is 5.95 Å². The molecular weight excluding hydrogens is 230 g/mol. The zero-order chi connectivity index (χ0) is 13.4. The highest BCUT2D eigenvalue weighted by Crippen LogP contribution is 2.10. The van der Waals surface area contributed by atoms with Crippen molar-refractivity contribution in [1.29, 1.82) is 0 Å². The fourth-order valence-corrected chi connectivity index (χ4v) is 1.73. The third-order valence-electron chi connectivity index (χ3n) is 2.75. The van der Waals surface area contributed by atoms with Crippen LogP contribution < -0.4 is 10.6 Å². The van der Waals surface area contributed by atoms with E-state index in [1.807, 2.05) is 4.90 Å². The Morgan fingerprint density at radius 1 is 1.11 bits per heavy atom. The molecule has 1 heterocycles. The van der Waals surface area contributed by atoms with E-state index in [1.165, 1.54) is 0 Å². The minimum atomic E-state index is 0.560. The van der Waals surface area contributed by atoms with Crippen LogP contribution in [0.25, 0.3) is 0 Å². The van der Waals surface area contributed by atoms with Gasteiger partial charge in [-0.15, -0.1) is 5.10 Å². The van der Waals surface area contributed by atoms with Gasteiger partial charge >= 0.3 is 0 Å². The number of hydrogen-bond donors (Lipinski definition) is 1. The predicted octanol–water partition coefficient (Wildman–Crippen LogP) is 0.408. The van der Waals surface area contributed by atoms with E-state index in [9.17, 15) is 0 Å². The first-order valence-corrected chi connectivity index (χ1v) is 6.43. The average Bonchev–Trinajstić information content (AvgIpc) is 2.42. The molecule has 6 nitrogen and oxygen atoms in total. The van der Waals surface area contributed by atoms with Crippen LogP contribution >= 0.6 is 0 Å². The van der Waals surface area contributed by atoms with Gasteiger partial charge in [0.05, 0.1) is 18.0 Å². The van der Waals surface area contributed by atoms with E-state index < -0.39 is 0 Å². The number of nitrogens with two attached hydrogens (primary N) is 1. The number of ether oxygens (including phenoxy) is 1. The quantitative estimate of drug-likeness (QED) is 0.723. The molecule has 1 aromatic rings. The van der Waals surface area contributed by atoms with Crippen molar-refractivity contribution in [3.63, 3.8) is 0 Å². The second kappa shape index (κ2) is 7.94. The highest BCUT2D eigenvalue weighted by molar-refractivity contribution is 5.30. The summed E-state index contributed by atoms with van der Waals surface area (Å²) in [6.45, 7) is 6.76. The molecule has 18 heavy (non-hydrogen) atoms. The lowest BCUT2D eigenvalue weighted by molar-refractivity contribution is 0.205. The Balaban J connectivity index is 2.89. The van der Waals surface area contributed by atoms with Crippen molar-refractivity contribution in [2.75, 3.05) is 38.3 Å². The van der Waals surface area contributed by atoms with Crippen LogP contribution in [0.2, 0.25) is 0 Å². The van der Waals surface area contributed by atoms with Crippen molar-refractivity contribution in [1.82, 2.24) is 15.2 Å². The Morgan fingerprint density at radius 3 is 2.39 bits per heavy atom. The van der Waals surface area contributed by atoms with Gasteiger partial charge in [-0.2, -0.15) is 5.10 Å². The maximum absolute atomic E-state index is 5.61. The molecule has 0 unspecified atom stereocenters. The Labute approximate surface area is 109 Å². The molecule has 0 radical (unpaired) electrons. The van der Waals surface area contributed by atoms with Crippen molar-refractivity contribution < 1.29 is 4.74 Å². The smallest absolute Gasteiger partial charge is 0.245 e. The second-order valence-electron chi connectivity index (χ2n) is 3.98. The Morgan fingerprint density at radius 2 is 1.83 bits per heavy atom. The monoisotopic (exact) mass is 253 g/mol. The summed E-state index contributed by atoms with van der Waals surface area (Å²) in [7, 11) is 1.68. The second-order valence-corrected chi connectivity index (χ2v) is 3.98. The molecule has 0 aliphatic rings. The molecule has 102 valence electrons. The largest absolute Gasteiger partial charge is 0.383 e. The van der Waals surface area contributed by atoms with Gasteiger partial charge in [0, 0.05) is 26.7 Å². The maximum Gasteiger partial charge on any atom is 0.245 e. The van der Waals surface area contributed by atoms with Crippen LogP contribution in [0.4, 0.5) is 5.95 Å². The SMILES string of the molecule is CCc1nnc(N(CCN)CCOC)nc1CC. The Hall–Kier alpha value is -1.27. The maximum atomic E-state index is 5.61. The summed E-state index contributed by atoms with van der Waals surface area (Å²) in [6, 6.07) is 0. The number of methoxy groups -OCH3 is 1. The predicted molar refractivity (Wildman–Crippen MR) is 71.7 cm³/mol. The summed E-state index contributed by atoms with van der Waals surface area (Å²) in [5.41, 5.74) is 7.60. The molecule has 0 aliphatic carbocycles. The lowest BCUT2D eigenvalue weighted by Gasteiger charge is -2.21. The van der Waals surface area contributed by atoms with Crippen LogP contribution in [0, 0.1) is 0 Å². The van der Waals surface area contributed by atoms with Crippen LogP contribution in [-0.4, -0.2) is 48.5 Å². The van der Waals surface area contributed by atoms with Gasteiger partial charge in [0.25, 0.3) is 0 Å². The lowest BCUT2D eigenvalue weighted by Crippen LogP contribution is -2.34. The van der Waals surface area contributed by atoms with Gasteiger partial charge in [-0.05, 0) is 12.8 Å². The van der Waals surface area contributed by atoms with Crippen LogP contribution in [0.3, 0.4) is 0 Å². The summed E-state index contributed by atoms with van der Waals surface area (Å²) >= 11 is 0. The molecule has 0 amide bonds. The van der Waals surface area contributed by atoms with Crippen LogP contribution in [0.15, 0.2) is 0 Å². The normalized spacial score (nSPS) is 10.7. The first kappa shape index (κ1) is 14.8. The van der Waals surface area contributed by atoms with Crippen LogP contribution in [0.1, 0.15) is 25.2 Å². The number of rotatable bonds is 8. The molecule has 0 saturated carbocycles. The molecule has 0 atom stereocenters. The Bertz CT molecular complexity index is 358. The molecular formula is C12H23N5O. The fraction of sp³-hybridized carbons (Fsp3) is 0.750. The average molecular weight is 253 g/mol. The summed E-state index contributed by atoms with van der Waals surface area (Å²) < 4.78 is 5.08. The molecule has 0 aliphatic heterocycles. The minimum absolute atomic E-state index is 0.560. The topological polar surface area (TPSA) is 77.2 Å². The molecule has 1 rings (SSSR count). The lowest BCUT2D eigenvalue weighted by atomic mass is 10.2. The van der Waals surface area contributed by atoms with E-state index in [0.717, 1.165) is 30.8 Å². The van der Waals surface area contributed by atoms with Gasteiger partial charge in [-0.1, -0.05) is 13.8 Å². The van der Waals surface area contributed by atoms with Gasteiger partial charge in [0.15, 0.2) is 0 Å². The molecule has 0 aromatic carbocycles. The molecule has 6 heteroatoms. The third kappa shape index (κ3) is 3.89. The molecule has 2 N–H and O–H groups in total. The van der Waals surface area contributed by atoms with Crippen molar-refractivity contribution in [3.05, 3.63) is 11.4 Å². The Kier molecular flexibility index (Phi) is 6.53. The zero-order valence-electron chi connectivity index (χ0n) is 11.5. The van der Waals surface area contributed by atoms with Gasteiger partial charge in [0.1, 0.15) is 0 Å². The summed E-state index contributed by atoms with van der Waals surface area (Å²) in [6.07, 6.45) is 1.73. The number of nitrogens with zero attached hydrogens (tertiary/aromatic N) is 4. The summed E-state index contributed by atoms with van der Waals surface area (Å²) in [4.78, 5) is 6.58. The highest BCUT2D eigenvalue weighted by Gasteiger charge is 2.12. The van der Waals surface area contributed by atoms with Gasteiger partial charge in [-0.3, -0.25) is 0 Å². The van der Waals surface area contributed by atoms with Crippen LogP contribution in [-0.2, 0) is 17.6 Å². The van der Waals surface area contributed by atoms with E-state index >= 15 is 0 Å². The van der Waals surface area contributed by atoms with E-state index in [4.69, 9.17) is 10.5 Å². The molecule has 0 bridgehead atoms. The number of hydrogen-bond acceptors (Lipinski definition) is 6. The van der Waals surface area contributed by atoms with E-state index in [1.54, 1.807) is 7.11 Å².